The van der Waals surface area contributed by atoms with Gasteiger partial charge in [0.15, 0.2) is 0 Å². The van der Waals surface area contributed by atoms with Crippen LogP contribution in [0.3, 0.4) is 0 Å². The van der Waals surface area contributed by atoms with Crippen LogP contribution in [-0.2, 0) is 10.1 Å². The molecule has 5 nitrogen and oxygen atoms in total. The van der Waals surface area contributed by atoms with Crippen molar-refractivity contribution in [2.45, 2.75) is 25.0 Å². The molecule has 0 radical (unpaired) electrons. The van der Waals surface area contributed by atoms with Crippen molar-refractivity contribution in [2.75, 3.05) is 11.5 Å². The molecule has 0 amide bonds. The highest BCUT2D eigenvalue weighted by atomic mass is 79.9. The molecule has 0 fully saturated rings. The molecule has 2 aromatic carbocycles. The van der Waals surface area contributed by atoms with E-state index in [0.717, 1.165) is 0 Å². The van der Waals surface area contributed by atoms with Crippen LogP contribution in [0.5, 0.6) is 0 Å². The van der Waals surface area contributed by atoms with Crippen LogP contribution >= 0.6 is 39.1 Å². The van der Waals surface area contributed by atoms with Crippen LogP contribution in [0, 0.1) is 0 Å². The Balaban J connectivity index is 0.000000293. The molecule has 9 heteroatoms. The van der Waals surface area contributed by atoms with Crippen molar-refractivity contribution in [1.82, 2.24) is 0 Å². The summed E-state index contributed by atoms with van der Waals surface area (Å²) in [6, 6.07) is 9.89. The average Bonchev–Trinajstić information content (AvgIpc) is 2.51. The van der Waals surface area contributed by atoms with E-state index in [1.165, 1.54) is 0 Å². The van der Waals surface area contributed by atoms with Crippen LogP contribution in [0.15, 0.2) is 40.9 Å². The van der Waals surface area contributed by atoms with Gasteiger partial charge in [-0.25, -0.2) is 0 Å². The lowest BCUT2D eigenvalue weighted by Crippen LogP contribution is -2.13. The molecule has 5 N–H and O–H groups in total. The predicted octanol–water partition coefficient (Wildman–Crippen LogP) is 5.34. The zero-order valence-electron chi connectivity index (χ0n) is 13.4. The highest BCUT2D eigenvalue weighted by Crippen LogP contribution is 2.33. The van der Waals surface area contributed by atoms with E-state index < -0.39 is 15.4 Å². The van der Waals surface area contributed by atoms with E-state index in [9.17, 15) is 13.0 Å². The minimum absolute atomic E-state index is 0.362. The molecule has 0 bridgehead atoms. The fourth-order valence-electron chi connectivity index (χ4n) is 2.05. The van der Waals surface area contributed by atoms with Crippen LogP contribution in [0.4, 0.5) is 11.4 Å². The maximum atomic E-state index is 11.3. The Kier molecular flexibility index (Phi) is 8.50. The number of benzene rings is 2. The zero-order chi connectivity index (χ0) is 19.2. The first-order chi connectivity index (χ1) is 11.6. The third-order valence-corrected chi connectivity index (χ3v) is 5.75. The summed E-state index contributed by atoms with van der Waals surface area (Å²) in [6.45, 7) is 1.86. The molecule has 138 valence electrons. The molecule has 0 saturated heterocycles. The summed E-state index contributed by atoms with van der Waals surface area (Å²) in [7, 11) is -4.10. The van der Waals surface area contributed by atoms with Crippen molar-refractivity contribution < 1.29 is 13.0 Å². The zero-order valence-corrected chi connectivity index (χ0v) is 17.3. The fraction of sp³-hybridized carbons (Fsp3) is 0.250. The Bertz CT molecular complexity index is 832. The molecule has 0 aromatic heterocycles. The van der Waals surface area contributed by atoms with Gasteiger partial charge in [0.05, 0.1) is 10.7 Å². The number of anilines is 2. The second-order valence-electron chi connectivity index (χ2n) is 5.24. The summed E-state index contributed by atoms with van der Waals surface area (Å²) in [5.41, 5.74) is 12.5. The van der Waals surface area contributed by atoms with Gasteiger partial charge in [0.1, 0.15) is 5.25 Å². The average molecular weight is 470 g/mol. The van der Waals surface area contributed by atoms with Gasteiger partial charge in [-0.3, -0.25) is 4.55 Å². The van der Waals surface area contributed by atoms with Crippen LogP contribution in [0.25, 0.3) is 0 Å². The molecule has 0 aliphatic carbocycles. The summed E-state index contributed by atoms with van der Waals surface area (Å²) >= 11 is 14.4. The quantitative estimate of drug-likeness (QED) is 0.414. The summed E-state index contributed by atoms with van der Waals surface area (Å²) in [5.74, 6) is 0. The Hall–Kier alpha value is -0.990. The topological polar surface area (TPSA) is 106 Å². The number of nitrogens with two attached hydrogens (primary N) is 2. The van der Waals surface area contributed by atoms with E-state index in [4.69, 9.17) is 34.7 Å². The van der Waals surface area contributed by atoms with E-state index in [0.29, 0.717) is 44.3 Å². The lowest BCUT2D eigenvalue weighted by atomic mass is 10.1. The van der Waals surface area contributed by atoms with Crippen molar-refractivity contribution in [1.29, 1.82) is 0 Å². The monoisotopic (exact) mass is 468 g/mol. The van der Waals surface area contributed by atoms with Gasteiger partial charge >= 0.3 is 0 Å². The maximum Gasteiger partial charge on any atom is 0.272 e. The van der Waals surface area contributed by atoms with Crippen molar-refractivity contribution in [3.63, 3.8) is 0 Å². The molecule has 1 atom stereocenters. The first-order valence-electron chi connectivity index (χ1n) is 7.28. The number of nitrogen functional groups attached to an aromatic ring is 2. The molecule has 0 aliphatic rings. The summed E-state index contributed by atoms with van der Waals surface area (Å²) < 4.78 is 32.4. The van der Waals surface area contributed by atoms with Gasteiger partial charge in [-0.2, -0.15) is 8.42 Å². The second kappa shape index (κ2) is 9.64. The van der Waals surface area contributed by atoms with Gasteiger partial charge in [0, 0.05) is 15.2 Å². The highest BCUT2D eigenvalue weighted by Gasteiger charge is 2.26. The molecule has 2 rings (SSSR count). The van der Waals surface area contributed by atoms with Gasteiger partial charge in [-0.15, -0.1) is 0 Å². The molecule has 0 aliphatic heterocycles. The van der Waals surface area contributed by atoms with Crippen LogP contribution in [0.2, 0.25) is 10.0 Å². The van der Waals surface area contributed by atoms with E-state index in [1.807, 2.05) is 6.92 Å². The summed E-state index contributed by atoms with van der Waals surface area (Å²) in [4.78, 5) is 0. The number of hydrogen-bond donors (Lipinski definition) is 3. The van der Waals surface area contributed by atoms with Gasteiger partial charge < -0.3 is 11.5 Å². The Labute approximate surface area is 166 Å². The number of hydrogen-bond acceptors (Lipinski definition) is 4. The first kappa shape index (κ1) is 22.1. The minimum atomic E-state index is -4.10. The minimum Gasteiger partial charge on any atom is -0.399 e. The standard InChI is InChI=1S/C10H14BrNO3S.C6H5Cl2N/c1-2-3-10(16(13,14)15)8-6-7(12)4-5-9(8)11;7-4-1-2-5(8)6(9)3-4/h4-6,10H,2-3,12H2,1H3,(H,13,14,15);1-3H,9H2. The third kappa shape index (κ3) is 7.03. The molecular formula is C16H19BrCl2N2O3S. The first-order valence-corrected chi connectivity index (χ1v) is 10.3. The van der Waals surface area contributed by atoms with E-state index in [-0.39, 0.29) is 0 Å². The molecule has 2 aromatic rings. The second-order valence-corrected chi connectivity index (χ2v) is 8.54. The Morgan fingerprint density at radius 2 is 1.80 bits per heavy atom. The molecule has 0 saturated carbocycles. The smallest absolute Gasteiger partial charge is 0.272 e. The maximum absolute atomic E-state index is 11.3. The summed E-state index contributed by atoms with van der Waals surface area (Å²) in [6.07, 6.45) is 1.02. The number of halogens is 3. The molecule has 0 spiro atoms. The third-order valence-electron chi connectivity index (χ3n) is 3.24. The lowest BCUT2D eigenvalue weighted by Gasteiger charge is -2.15. The number of rotatable bonds is 4. The normalized spacial score (nSPS) is 12.2. The summed E-state index contributed by atoms with van der Waals surface area (Å²) in [5, 5.41) is 0.228. The van der Waals surface area contributed by atoms with Crippen molar-refractivity contribution in [2.24, 2.45) is 0 Å². The van der Waals surface area contributed by atoms with E-state index in [2.05, 4.69) is 15.9 Å². The van der Waals surface area contributed by atoms with Crippen LogP contribution in [-0.4, -0.2) is 13.0 Å². The molecule has 25 heavy (non-hydrogen) atoms. The van der Waals surface area contributed by atoms with Gasteiger partial charge in [0.2, 0.25) is 0 Å². The largest absolute Gasteiger partial charge is 0.399 e. The van der Waals surface area contributed by atoms with Crippen LogP contribution in [0.1, 0.15) is 30.6 Å². The van der Waals surface area contributed by atoms with Crippen molar-refractivity contribution >= 4 is 60.6 Å². The van der Waals surface area contributed by atoms with E-state index >= 15 is 0 Å². The Morgan fingerprint density at radius 1 is 1.16 bits per heavy atom. The van der Waals surface area contributed by atoms with Gasteiger partial charge in [0.25, 0.3) is 10.1 Å². The fourth-order valence-corrected chi connectivity index (χ4v) is 4.07. The Morgan fingerprint density at radius 3 is 2.28 bits per heavy atom. The SMILES string of the molecule is CCCC(c1cc(N)ccc1Br)S(=O)(=O)O.Nc1cc(Cl)ccc1Cl. The van der Waals surface area contributed by atoms with Crippen molar-refractivity contribution in [3.8, 4) is 0 Å². The highest BCUT2D eigenvalue weighted by molar-refractivity contribution is 9.10. The van der Waals surface area contributed by atoms with Crippen molar-refractivity contribution in [3.05, 3.63) is 56.5 Å². The molecular weight excluding hydrogens is 451 g/mol. The van der Waals surface area contributed by atoms with Gasteiger partial charge in [-0.05, 0) is 48.4 Å². The van der Waals surface area contributed by atoms with E-state index in [1.54, 1.807) is 36.4 Å². The van der Waals surface area contributed by atoms with Crippen LogP contribution < -0.4 is 11.5 Å². The predicted molar refractivity (Wildman–Crippen MR) is 109 cm³/mol. The molecule has 0 heterocycles. The lowest BCUT2D eigenvalue weighted by molar-refractivity contribution is 0.463. The molecule has 1 unspecified atom stereocenters. The van der Waals surface area contributed by atoms with Gasteiger partial charge in [-0.1, -0.05) is 52.5 Å².